The van der Waals surface area contributed by atoms with Crippen molar-refractivity contribution >= 4 is 40.3 Å². The van der Waals surface area contributed by atoms with E-state index in [4.69, 9.17) is 12.2 Å². The summed E-state index contributed by atoms with van der Waals surface area (Å²) in [6.07, 6.45) is 0. The Hall–Kier alpha value is -1.88. The van der Waals surface area contributed by atoms with Crippen LogP contribution >= 0.6 is 23.6 Å². The molecule has 0 unspecified atom stereocenters. The van der Waals surface area contributed by atoms with E-state index in [1.807, 2.05) is 13.8 Å². The lowest BCUT2D eigenvalue weighted by Gasteiger charge is -2.34. The molecule has 1 aromatic carbocycles. The number of anilines is 2. The summed E-state index contributed by atoms with van der Waals surface area (Å²) in [5, 5.41) is 11.0. The molecule has 0 radical (unpaired) electrons. The molecule has 1 saturated heterocycles. The van der Waals surface area contributed by atoms with E-state index < -0.39 is 0 Å². The van der Waals surface area contributed by atoms with Crippen LogP contribution in [0.2, 0.25) is 0 Å². The largest absolute Gasteiger partial charge is 0.353 e. The Balaban J connectivity index is 1.51. The molecule has 0 saturated carbocycles. The number of carbonyl (C=O) groups excluding carboxylic acids is 1. The van der Waals surface area contributed by atoms with Gasteiger partial charge in [-0.1, -0.05) is 23.5 Å². The molecule has 7 nitrogen and oxygen atoms in total. The van der Waals surface area contributed by atoms with Gasteiger partial charge in [0.1, 0.15) is 5.82 Å². The fourth-order valence-electron chi connectivity index (χ4n) is 2.97. The molecule has 152 valence electrons. The predicted molar refractivity (Wildman–Crippen MR) is 112 cm³/mol. The van der Waals surface area contributed by atoms with Crippen molar-refractivity contribution in [2.75, 3.05) is 38.0 Å². The molecule has 2 heterocycles. The van der Waals surface area contributed by atoms with Crippen molar-refractivity contribution in [3.8, 4) is 0 Å². The second kappa shape index (κ2) is 9.55. The molecular formula is C18H25FN6OS2. The van der Waals surface area contributed by atoms with Crippen molar-refractivity contribution in [2.24, 2.45) is 0 Å². The third kappa shape index (κ3) is 5.81. The van der Waals surface area contributed by atoms with E-state index in [1.54, 1.807) is 22.9 Å². The second-order valence-electron chi connectivity index (χ2n) is 7.04. The molecule has 0 atom stereocenters. The van der Waals surface area contributed by atoms with E-state index in [0.29, 0.717) is 28.0 Å². The minimum absolute atomic E-state index is 0.0639. The van der Waals surface area contributed by atoms with Crippen molar-refractivity contribution in [3.05, 3.63) is 34.0 Å². The molecule has 2 aromatic rings. The number of halogens is 1. The summed E-state index contributed by atoms with van der Waals surface area (Å²) in [7, 11) is 0. The zero-order valence-electron chi connectivity index (χ0n) is 16.0. The lowest BCUT2D eigenvalue weighted by atomic mass is 10.3. The van der Waals surface area contributed by atoms with Gasteiger partial charge in [-0.15, -0.1) is 5.10 Å². The number of hydrogen-bond acceptors (Lipinski definition) is 7. The van der Waals surface area contributed by atoms with Gasteiger partial charge in [0.05, 0.1) is 18.9 Å². The van der Waals surface area contributed by atoms with Crippen molar-refractivity contribution in [2.45, 2.75) is 26.6 Å². The van der Waals surface area contributed by atoms with Crippen LogP contribution in [0.1, 0.15) is 13.8 Å². The topological polar surface area (TPSA) is 65.4 Å². The van der Waals surface area contributed by atoms with E-state index in [0.717, 1.165) is 26.2 Å². The number of amides is 1. The van der Waals surface area contributed by atoms with Crippen LogP contribution in [-0.4, -0.2) is 64.3 Å². The van der Waals surface area contributed by atoms with Crippen molar-refractivity contribution < 1.29 is 9.18 Å². The minimum atomic E-state index is -0.326. The van der Waals surface area contributed by atoms with Crippen LogP contribution in [0.4, 0.5) is 15.2 Å². The predicted octanol–water partition coefficient (Wildman–Crippen LogP) is 2.66. The molecule has 0 bridgehead atoms. The Bertz CT molecular complexity index is 860. The highest BCUT2D eigenvalue weighted by atomic mass is 32.1. The number of rotatable bonds is 7. The van der Waals surface area contributed by atoms with Gasteiger partial charge in [0.15, 0.2) is 3.95 Å². The highest BCUT2D eigenvalue weighted by Crippen LogP contribution is 2.22. The molecule has 1 fully saturated rings. The molecular weight excluding hydrogens is 399 g/mol. The van der Waals surface area contributed by atoms with Gasteiger partial charge in [-0.2, -0.15) is 0 Å². The average molecular weight is 425 g/mol. The van der Waals surface area contributed by atoms with Crippen LogP contribution in [0.25, 0.3) is 0 Å². The molecule has 3 rings (SSSR count). The zero-order chi connectivity index (χ0) is 20.1. The lowest BCUT2D eigenvalue weighted by Crippen LogP contribution is -2.50. The zero-order valence-corrected chi connectivity index (χ0v) is 17.7. The quantitative estimate of drug-likeness (QED) is 0.667. The van der Waals surface area contributed by atoms with E-state index >= 15 is 0 Å². The first-order chi connectivity index (χ1) is 13.4. The first-order valence-electron chi connectivity index (χ1n) is 9.24. The van der Waals surface area contributed by atoms with Gasteiger partial charge in [-0.25, -0.2) is 9.07 Å². The van der Waals surface area contributed by atoms with E-state index in [1.165, 1.54) is 17.4 Å². The Morgan fingerprint density at radius 2 is 1.93 bits per heavy atom. The normalized spacial score (nSPS) is 15.7. The smallest absolute Gasteiger partial charge is 0.234 e. The SMILES string of the molecule is CC(C)NC(=O)CN1CCN(Cn2nc(Nc3ccccc3F)sc2=S)CC1. The summed E-state index contributed by atoms with van der Waals surface area (Å²) in [5.74, 6) is -0.262. The summed E-state index contributed by atoms with van der Waals surface area (Å²) in [6.45, 7) is 8.26. The van der Waals surface area contributed by atoms with Crippen LogP contribution in [0.3, 0.4) is 0 Å². The molecule has 2 N–H and O–H groups in total. The summed E-state index contributed by atoms with van der Waals surface area (Å²) in [4.78, 5) is 16.3. The number of hydrogen-bond donors (Lipinski definition) is 2. The lowest BCUT2D eigenvalue weighted by molar-refractivity contribution is -0.123. The molecule has 0 aliphatic carbocycles. The number of nitrogens with one attached hydrogen (secondary N) is 2. The maximum absolute atomic E-state index is 13.8. The van der Waals surface area contributed by atoms with Gasteiger partial charge in [-0.05, 0) is 38.2 Å². The molecule has 1 aliphatic heterocycles. The Morgan fingerprint density at radius 1 is 1.25 bits per heavy atom. The van der Waals surface area contributed by atoms with Gasteiger partial charge in [-0.3, -0.25) is 14.6 Å². The number of piperazine rings is 1. The van der Waals surface area contributed by atoms with Gasteiger partial charge < -0.3 is 10.6 Å². The van der Waals surface area contributed by atoms with Gasteiger partial charge >= 0.3 is 0 Å². The first kappa shape index (κ1) is 20.8. The van der Waals surface area contributed by atoms with E-state index in [9.17, 15) is 9.18 Å². The number of para-hydroxylation sites is 1. The number of carbonyl (C=O) groups is 1. The van der Waals surface area contributed by atoms with E-state index in [2.05, 4.69) is 25.5 Å². The number of benzene rings is 1. The Kier molecular flexibility index (Phi) is 7.11. The highest BCUT2D eigenvalue weighted by molar-refractivity contribution is 7.73. The van der Waals surface area contributed by atoms with Crippen molar-refractivity contribution in [1.29, 1.82) is 0 Å². The highest BCUT2D eigenvalue weighted by Gasteiger charge is 2.20. The fourth-order valence-corrected chi connectivity index (χ4v) is 3.98. The summed E-state index contributed by atoms with van der Waals surface area (Å²) < 4.78 is 16.2. The van der Waals surface area contributed by atoms with Crippen molar-refractivity contribution in [3.63, 3.8) is 0 Å². The van der Waals surface area contributed by atoms with Crippen LogP contribution in [0.15, 0.2) is 24.3 Å². The molecule has 1 aliphatic rings. The Morgan fingerprint density at radius 3 is 2.61 bits per heavy atom. The van der Waals surface area contributed by atoms with Gasteiger partial charge in [0.25, 0.3) is 0 Å². The summed E-state index contributed by atoms with van der Waals surface area (Å²) in [6, 6.07) is 6.64. The number of nitrogens with zero attached hydrogens (tertiary/aromatic N) is 4. The third-order valence-corrected chi connectivity index (χ3v) is 5.56. The third-order valence-electron chi connectivity index (χ3n) is 4.34. The van der Waals surface area contributed by atoms with Crippen molar-refractivity contribution in [1.82, 2.24) is 24.9 Å². The summed E-state index contributed by atoms with van der Waals surface area (Å²) >= 11 is 6.73. The number of aromatic nitrogens is 2. The summed E-state index contributed by atoms with van der Waals surface area (Å²) in [5.41, 5.74) is 0.381. The van der Waals surface area contributed by atoms with Crippen LogP contribution in [0, 0.1) is 9.77 Å². The van der Waals surface area contributed by atoms with Crippen LogP contribution < -0.4 is 10.6 Å². The molecule has 1 amide bonds. The van der Waals surface area contributed by atoms with E-state index in [-0.39, 0.29) is 17.8 Å². The maximum atomic E-state index is 13.8. The Labute approximate surface area is 173 Å². The first-order valence-corrected chi connectivity index (χ1v) is 10.5. The molecule has 28 heavy (non-hydrogen) atoms. The molecule has 1 aromatic heterocycles. The monoisotopic (exact) mass is 424 g/mol. The van der Waals surface area contributed by atoms with Gasteiger partial charge in [0.2, 0.25) is 11.0 Å². The van der Waals surface area contributed by atoms with Gasteiger partial charge in [0, 0.05) is 32.2 Å². The standard InChI is InChI=1S/C18H25FN6OS2/c1-13(2)20-16(26)11-23-7-9-24(10-8-23)12-25-18(27)28-17(22-25)21-15-6-4-3-5-14(15)19/h3-6,13H,7-12H2,1-2H3,(H,20,26)(H,21,22). The molecule has 10 heteroatoms. The maximum Gasteiger partial charge on any atom is 0.234 e. The van der Waals surface area contributed by atoms with Crippen LogP contribution in [0.5, 0.6) is 0 Å². The minimum Gasteiger partial charge on any atom is -0.353 e. The molecule has 0 spiro atoms. The van der Waals surface area contributed by atoms with Crippen LogP contribution in [-0.2, 0) is 11.5 Å². The average Bonchev–Trinajstić information content (AvgIpc) is 2.97. The fraction of sp³-hybridized carbons (Fsp3) is 0.500. The second-order valence-corrected chi connectivity index (χ2v) is 8.66.